The van der Waals surface area contributed by atoms with E-state index in [-0.39, 0.29) is 11.5 Å². The maximum Gasteiger partial charge on any atom is 0.194 e. The summed E-state index contributed by atoms with van der Waals surface area (Å²) in [6.07, 6.45) is 5.68. The second-order valence-corrected chi connectivity index (χ2v) is 5.15. The molecule has 2 nitrogen and oxygen atoms in total. The highest BCUT2D eigenvalue weighted by atomic mass is 16.3. The molecule has 0 aliphatic heterocycles. The zero-order valence-electron chi connectivity index (χ0n) is 11.2. The van der Waals surface area contributed by atoms with Crippen LogP contribution in [-0.4, -0.2) is 10.9 Å². The van der Waals surface area contributed by atoms with Gasteiger partial charge in [0.25, 0.3) is 0 Å². The molecule has 0 aromatic heterocycles. The first-order valence-corrected chi connectivity index (χ1v) is 6.82. The molecule has 2 aromatic rings. The quantitative estimate of drug-likeness (QED) is 0.856. The van der Waals surface area contributed by atoms with Crippen LogP contribution in [0.5, 0.6) is 5.75 Å². The van der Waals surface area contributed by atoms with E-state index in [1.54, 1.807) is 24.3 Å². The van der Waals surface area contributed by atoms with Crippen molar-refractivity contribution in [2.24, 2.45) is 0 Å². The van der Waals surface area contributed by atoms with E-state index < -0.39 is 0 Å². The Morgan fingerprint density at radius 2 is 1.38 bits per heavy atom. The lowest BCUT2D eigenvalue weighted by Gasteiger charge is -2.15. The highest BCUT2D eigenvalue weighted by Gasteiger charge is 2.29. The van der Waals surface area contributed by atoms with Crippen LogP contribution in [-0.2, 0) is 4.79 Å². The first-order valence-electron chi connectivity index (χ1n) is 6.82. The third-order valence-electron chi connectivity index (χ3n) is 3.94. The van der Waals surface area contributed by atoms with E-state index in [1.165, 1.54) is 0 Å². The fourth-order valence-electron chi connectivity index (χ4n) is 2.91. The van der Waals surface area contributed by atoms with Gasteiger partial charge in [-0.2, -0.15) is 0 Å². The van der Waals surface area contributed by atoms with Crippen molar-refractivity contribution in [1.82, 2.24) is 0 Å². The van der Waals surface area contributed by atoms with E-state index in [1.807, 2.05) is 42.5 Å². The molecule has 0 radical (unpaired) electrons. The first kappa shape index (κ1) is 11.9. The molecule has 2 heteroatoms. The molecule has 2 aliphatic rings. The van der Waals surface area contributed by atoms with Crippen molar-refractivity contribution < 1.29 is 9.90 Å². The summed E-state index contributed by atoms with van der Waals surface area (Å²) in [6.45, 7) is 0. The fourth-order valence-corrected chi connectivity index (χ4v) is 2.91. The van der Waals surface area contributed by atoms with Gasteiger partial charge in [0, 0.05) is 16.7 Å². The zero-order valence-corrected chi connectivity index (χ0v) is 11.2. The zero-order chi connectivity index (χ0) is 14.4. The van der Waals surface area contributed by atoms with E-state index in [4.69, 9.17) is 0 Å². The number of carbonyl (C=O) groups is 1. The van der Waals surface area contributed by atoms with Crippen molar-refractivity contribution in [3.8, 4) is 5.75 Å². The molecule has 0 fully saturated rings. The second kappa shape index (κ2) is 4.32. The Bertz CT molecular complexity index is 867. The van der Waals surface area contributed by atoms with Crippen LogP contribution >= 0.6 is 0 Å². The van der Waals surface area contributed by atoms with E-state index in [0.717, 1.165) is 16.7 Å². The number of Topliss-reactive ketones (excluding diaryl/α,β-unsaturated/α-hetero) is 1. The van der Waals surface area contributed by atoms with E-state index in [9.17, 15) is 9.90 Å². The number of rotatable bonds is 1. The summed E-state index contributed by atoms with van der Waals surface area (Å²) in [5, 5.41) is 9.96. The molecule has 0 amide bonds. The molecular weight excluding hydrogens is 260 g/mol. The van der Waals surface area contributed by atoms with Gasteiger partial charge in [0.1, 0.15) is 5.75 Å². The Labute approximate surface area is 122 Å². The normalized spacial score (nSPS) is 15.8. The molecule has 4 rings (SSSR count). The average molecular weight is 272 g/mol. The summed E-state index contributed by atoms with van der Waals surface area (Å²) in [5.41, 5.74) is 4.95. The minimum atomic E-state index is -0.0369. The van der Waals surface area contributed by atoms with Crippen molar-refractivity contribution in [3.63, 3.8) is 0 Å². The van der Waals surface area contributed by atoms with Crippen LogP contribution in [0, 0.1) is 0 Å². The van der Waals surface area contributed by atoms with E-state index in [2.05, 4.69) is 0 Å². The molecule has 2 aliphatic carbocycles. The van der Waals surface area contributed by atoms with Crippen molar-refractivity contribution in [2.45, 2.75) is 0 Å². The first-order chi connectivity index (χ1) is 10.3. The maximum atomic E-state index is 12.7. The minimum Gasteiger partial charge on any atom is -0.507 e. The van der Waals surface area contributed by atoms with Crippen LogP contribution in [0.4, 0.5) is 0 Å². The topological polar surface area (TPSA) is 37.3 Å². The Kier molecular flexibility index (Phi) is 2.45. The minimum absolute atomic E-state index is 0.0369. The van der Waals surface area contributed by atoms with Crippen LogP contribution in [0.2, 0.25) is 0 Å². The number of aromatic hydroxyl groups is 1. The number of carbonyl (C=O) groups excluding carboxylic acids is 1. The summed E-state index contributed by atoms with van der Waals surface area (Å²) in [7, 11) is 0. The van der Waals surface area contributed by atoms with Gasteiger partial charge in [0.15, 0.2) is 5.78 Å². The highest BCUT2D eigenvalue weighted by Crippen LogP contribution is 2.42. The van der Waals surface area contributed by atoms with Gasteiger partial charge in [-0.3, -0.25) is 4.79 Å². The molecule has 0 heterocycles. The SMILES string of the molecule is O=C1C2=Cc3ccccc3C2=CC=C1c1ccccc1O. The van der Waals surface area contributed by atoms with E-state index >= 15 is 0 Å². The van der Waals surface area contributed by atoms with Crippen LogP contribution < -0.4 is 0 Å². The number of fused-ring (bicyclic) bond motifs is 3. The molecule has 0 atom stereocenters. The van der Waals surface area contributed by atoms with Gasteiger partial charge in [0.2, 0.25) is 0 Å². The Morgan fingerprint density at radius 1 is 0.714 bits per heavy atom. The van der Waals surface area contributed by atoms with Gasteiger partial charge >= 0.3 is 0 Å². The Hall–Kier alpha value is -2.87. The maximum absolute atomic E-state index is 12.7. The van der Waals surface area contributed by atoms with E-state index in [0.29, 0.717) is 16.7 Å². The van der Waals surface area contributed by atoms with Crippen LogP contribution in [0.1, 0.15) is 16.7 Å². The molecule has 0 bridgehead atoms. The summed E-state index contributed by atoms with van der Waals surface area (Å²) < 4.78 is 0. The molecule has 21 heavy (non-hydrogen) atoms. The number of para-hydroxylation sites is 1. The number of allylic oxidation sites excluding steroid dienone is 5. The van der Waals surface area contributed by atoms with Crippen LogP contribution in [0.25, 0.3) is 17.2 Å². The smallest absolute Gasteiger partial charge is 0.194 e. The number of hydrogen-bond acceptors (Lipinski definition) is 2. The monoisotopic (exact) mass is 272 g/mol. The molecule has 1 N–H and O–H groups in total. The Morgan fingerprint density at radius 3 is 2.19 bits per heavy atom. The Balaban J connectivity index is 1.87. The number of ketones is 1. The molecule has 0 saturated carbocycles. The molecule has 0 saturated heterocycles. The lowest BCUT2D eigenvalue weighted by Crippen LogP contribution is -2.08. The third kappa shape index (κ3) is 1.69. The molecule has 0 unspecified atom stereocenters. The van der Waals surface area contributed by atoms with Gasteiger partial charge in [-0.05, 0) is 34.9 Å². The van der Waals surface area contributed by atoms with Gasteiger partial charge in [0.05, 0.1) is 0 Å². The molecular formula is C19H12O2. The van der Waals surface area contributed by atoms with Crippen LogP contribution in [0.3, 0.4) is 0 Å². The average Bonchev–Trinajstić information content (AvgIpc) is 2.89. The number of benzene rings is 2. The molecule has 0 spiro atoms. The summed E-state index contributed by atoms with van der Waals surface area (Å²) >= 11 is 0. The molecule has 2 aromatic carbocycles. The lowest BCUT2D eigenvalue weighted by atomic mass is 9.87. The number of phenolic OH excluding ortho intramolecular Hbond substituents is 1. The molecule has 100 valence electrons. The fraction of sp³-hybridized carbons (Fsp3) is 0. The van der Waals surface area contributed by atoms with Crippen LogP contribution in [0.15, 0.2) is 66.3 Å². The summed E-state index contributed by atoms with van der Waals surface area (Å²) in [5.74, 6) is 0.0928. The van der Waals surface area contributed by atoms with Crippen molar-refractivity contribution in [1.29, 1.82) is 0 Å². The third-order valence-corrected chi connectivity index (χ3v) is 3.94. The van der Waals surface area contributed by atoms with Gasteiger partial charge in [-0.1, -0.05) is 48.5 Å². The predicted molar refractivity (Wildman–Crippen MR) is 83.5 cm³/mol. The van der Waals surface area contributed by atoms with Gasteiger partial charge in [-0.25, -0.2) is 0 Å². The van der Waals surface area contributed by atoms with Crippen molar-refractivity contribution in [2.75, 3.05) is 0 Å². The van der Waals surface area contributed by atoms with Gasteiger partial charge < -0.3 is 5.11 Å². The van der Waals surface area contributed by atoms with Crippen molar-refractivity contribution >= 4 is 23.0 Å². The summed E-state index contributed by atoms with van der Waals surface area (Å²) in [4.78, 5) is 12.7. The highest BCUT2D eigenvalue weighted by molar-refractivity contribution is 6.39. The number of phenols is 1. The summed E-state index contributed by atoms with van der Waals surface area (Å²) in [6, 6.07) is 14.9. The predicted octanol–water partition coefficient (Wildman–Crippen LogP) is 3.84. The van der Waals surface area contributed by atoms with Crippen molar-refractivity contribution in [3.05, 3.63) is 82.9 Å². The number of hydrogen-bond donors (Lipinski definition) is 1. The second-order valence-electron chi connectivity index (χ2n) is 5.15. The van der Waals surface area contributed by atoms with Gasteiger partial charge in [-0.15, -0.1) is 0 Å². The standard InChI is InChI=1S/C19H12O2/c20-18-8-4-3-7-15(18)16-10-9-14-13-6-2-1-5-12(13)11-17(14)19(16)21/h1-11,20H. The largest absolute Gasteiger partial charge is 0.507 e. The lowest BCUT2D eigenvalue weighted by molar-refractivity contribution is -0.110.